The average Bonchev–Trinajstić information content (AvgIpc) is 2.72. The van der Waals surface area contributed by atoms with Gasteiger partial charge >= 0.3 is 0 Å². The highest BCUT2D eigenvalue weighted by Crippen LogP contribution is 2.26. The van der Waals surface area contributed by atoms with Crippen molar-refractivity contribution in [3.63, 3.8) is 0 Å². The van der Waals surface area contributed by atoms with Gasteiger partial charge in [0.2, 0.25) is 5.91 Å². The number of nitrogens with zero attached hydrogens (tertiary/aromatic N) is 1. The average molecular weight is 437 g/mol. The summed E-state index contributed by atoms with van der Waals surface area (Å²) in [6.07, 6.45) is 0.763. The van der Waals surface area contributed by atoms with Gasteiger partial charge in [-0.3, -0.25) is 9.10 Å². The fourth-order valence-corrected chi connectivity index (χ4v) is 4.92. The lowest BCUT2D eigenvalue weighted by Crippen LogP contribution is -2.38. The Labute approximate surface area is 184 Å². The van der Waals surface area contributed by atoms with Crippen LogP contribution in [0, 0.1) is 20.8 Å². The molecule has 3 rings (SSSR count). The van der Waals surface area contributed by atoms with Crippen LogP contribution in [0.15, 0.2) is 71.6 Å². The molecule has 0 fully saturated rings. The number of aryl methyl sites for hydroxylation is 4. The summed E-state index contributed by atoms with van der Waals surface area (Å²) in [5, 5.41) is 2.88. The van der Waals surface area contributed by atoms with Crippen LogP contribution in [0.3, 0.4) is 0 Å². The molecule has 0 saturated heterocycles. The molecule has 3 aromatic carbocycles. The molecule has 0 aromatic heterocycles. The summed E-state index contributed by atoms with van der Waals surface area (Å²) >= 11 is 0. The van der Waals surface area contributed by atoms with Crippen molar-refractivity contribution < 1.29 is 13.2 Å². The molecule has 5 nitrogen and oxygen atoms in total. The monoisotopic (exact) mass is 436 g/mol. The van der Waals surface area contributed by atoms with E-state index in [0.717, 1.165) is 28.7 Å². The van der Waals surface area contributed by atoms with Crippen molar-refractivity contribution >= 4 is 27.3 Å². The van der Waals surface area contributed by atoms with Crippen LogP contribution in [0.2, 0.25) is 0 Å². The first-order valence-corrected chi connectivity index (χ1v) is 11.7. The largest absolute Gasteiger partial charge is 0.324 e. The number of carbonyl (C=O) groups is 1. The van der Waals surface area contributed by atoms with E-state index in [2.05, 4.69) is 5.32 Å². The molecule has 0 saturated carbocycles. The molecular formula is C25H28N2O3S. The Bertz CT molecular complexity index is 1170. The molecule has 0 spiro atoms. The number of rotatable bonds is 7. The van der Waals surface area contributed by atoms with E-state index >= 15 is 0 Å². The number of carbonyl (C=O) groups excluding carboxylic acids is 1. The molecule has 1 amide bonds. The standard InChI is InChI=1S/C25H28N2O3S/c1-5-21-8-6-7-9-24(21)26-25(28)17-27(22-15-19(3)14-20(4)16-22)31(29,30)23-12-10-18(2)11-13-23/h6-16H,5,17H2,1-4H3,(H,26,28). The van der Waals surface area contributed by atoms with Crippen molar-refractivity contribution in [2.24, 2.45) is 0 Å². The minimum Gasteiger partial charge on any atom is -0.324 e. The molecule has 3 aromatic rings. The Kier molecular flexibility index (Phi) is 6.81. The highest BCUT2D eigenvalue weighted by molar-refractivity contribution is 7.92. The second-order valence-electron chi connectivity index (χ2n) is 7.73. The highest BCUT2D eigenvalue weighted by atomic mass is 32.2. The third-order valence-corrected chi connectivity index (χ3v) is 6.85. The molecule has 0 aliphatic heterocycles. The van der Waals surface area contributed by atoms with E-state index in [1.807, 2.05) is 58.0 Å². The zero-order valence-corrected chi connectivity index (χ0v) is 19.2. The van der Waals surface area contributed by atoms with Crippen LogP contribution in [0.5, 0.6) is 0 Å². The Morgan fingerprint density at radius 3 is 2.10 bits per heavy atom. The molecule has 0 heterocycles. The second-order valence-corrected chi connectivity index (χ2v) is 9.59. The van der Waals surface area contributed by atoms with Crippen molar-refractivity contribution in [1.82, 2.24) is 0 Å². The normalized spacial score (nSPS) is 11.2. The number of anilines is 2. The lowest BCUT2D eigenvalue weighted by Gasteiger charge is -2.25. The third-order valence-electron chi connectivity index (χ3n) is 5.06. The van der Waals surface area contributed by atoms with Crippen molar-refractivity contribution in [3.05, 3.63) is 89.0 Å². The van der Waals surface area contributed by atoms with Gasteiger partial charge in [0.25, 0.3) is 10.0 Å². The summed E-state index contributed by atoms with van der Waals surface area (Å²) in [4.78, 5) is 13.1. The zero-order valence-electron chi connectivity index (χ0n) is 18.3. The fraction of sp³-hybridized carbons (Fsp3) is 0.240. The fourth-order valence-electron chi connectivity index (χ4n) is 3.52. The first-order valence-electron chi connectivity index (χ1n) is 10.3. The maximum absolute atomic E-state index is 13.5. The van der Waals surface area contributed by atoms with Crippen molar-refractivity contribution in [2.75, 3.05) is 16.2 Å². The maximum atomic E-state index is 13.5. The van der Waals surface area contributed by atoms with E-state index in [1.54, 1.807) is 36.4 Å². The molecule has 6 heteroatoms. The summed E-state index contributed by atoms with van der Waals surface area (Å²) in [5.74, 6) is -0.393. The topological polar surface area (TPSA) is 66.5 Å². The number of hydrogen-bond acceptors (Lipinski definition) is 3. The lowest BCUT2D eigenvalue weighted by molar-refractivity contribution is -0.114. The molecule has 31 heavy (non-hydrogen) atoms. The Morgan fingerprint density at radius 1 is 0.871 bits per heavy atom. The van der Waals surface area contributed by atoms with E-state index in [0.29, 0.717) is 11.4 Å². The van der Waals surface area contributed by atoms with Crippen LogP contribution in [-0.2, 0) is 21.2 Å². The highest BCUT2D eigenvalue weighted by Gasteiger charge is 2.27. The SMILES string of the molecule is CCc1ccccc1NC(=O)CN(c1cc(C)cc(C)c1)S(=O)(=O)c1ccc(C)cc1. The number of para-hydroxylation sites is 1. The molecule has 162 valence electrons. The molecule has 0 unspecified atom stereocenters. The summed E-state index contributed by atoms with van der Waals surface area (Å²) in [7, 11) is -3.93. The van der Waals surface area contributed by atoms with Crippen LogP contribution >= 0.6 is 0 Å². The first kappa shape index (κ1) is 22.6. The van der Waals surface area contributed by atoms with E-state index in [1.165, 1.54) is 4.31 Å². The Balaban J connectivity index is 1.99. The molecule has 1 N–H and O–H groups in total. The number of hydrogen-bond donors (Lipinski definition) is 1. The van der Waals surface area contributed by atoms with E-state index in [4.69, 9.17) is 0 Å². The predicted octanol–water partition coefficient (Wildman–Crippen LogP) is 5.01. The van der Waals surface area contributed by atoms with Gasteiger partial charge < -0.3 is 5.32 Å². The number of benzene rings is 3. The smallest absolute Gasteiger partial charge is 0.264 e. The van der Waals surface area contributed by atoms with Gasteiger partial charge in [-0.1, -0.05) is 48.9 Å². The van der Waals surface area contributed by atoms with Crippen LogP contribution in [0.1, 0.15) is 29.2 Å². The molecule has 0 aliphatic rings. The van der Waals surface area contributed by atoms with Crippen molar-refractivity contribution in [2.45, 2.75) is 39.0 Å². The minimum atomic E-state index is -3.93. The van der Waals surface area contributed by atoms with Gasteiger partial charge in [0.05, 0.1) is 10.6 Å². The summed E-state index contributed by atoms with van der Waals surface area (Å²) in [5.41, 5.74) is 4.98. The third kappa shape index (κ3) is 5.33. The van der Waals surface area contributed by atoms with Gasteiger partial charge in [0, 0.05) is 5.69 Å². The van der Waals surface area contributed by atoms with Crippen LogP contribution in [0.4, 0.5) is 11.4 Å². The molecule has 0 aliphatic carbocycles. The van der Waals surface area contributed by atoms with E-state index < -0.39 is 15.9 Å². The second kappa shape index (κ2) is 9.35. The van der Waals surface area contributed by atoms with Crippen LogP contribution in [0.25, 0.3) is 0 Å². The molecule has 0 atom stereocenters. The summed E-state index contributed by atoms with van der Waals surface area (Å²) in [6.45, 7) is 7.40. The summed E-state index contributed by atoms with van der Waals surface area (Å²) in [6, 6.07) is 19.7. The van der Waals surface area contributed by atoms with Gasteiger partial charge in [0.15, 0.2) is 0 Å². The van der Waals surface area contributed by atoms with Gasteiger partial charge in [-0.25, -0.2) is 8.42 Å². The van der Waals surface area contributed by atoms with Crippen LogP contribution < -0.4 is 9.62 Å². The van der Waals surface area contributed by atoms with Gasteiger partial charge in [-0.2, -0.15) is 0 Å². The summed E-state index contributed by atoms with van der Waals surface area (Å²) < 4.78 is 28.2. The number of sulfonamides is 1. The molecule has 0 bridgehead atoms. The Hall–Kier alpha value is -3.12. The van der Waals surface area contributed by atoms with E-state index in [9.17, 15) is 13.2 Å². The predicted molar refractivity (Wildman–Crippen MR) is 126 cm³/mol. The van der Waals surface area contributed by atoms with Gasteiger partial charge in [-0.15, -0.1) is 0 Å². The molecular weight excluding hydrogens is 408 g/mol. The Morgan fingerprint density at radius 2 is 1.48 bits per heavy atom. The zero-order chi connectivity index (χ0) is 22.6. The minimum absolute atomic E-state index is 0.152. The van der Waals surface area contributed by atoms with Gasteiger partial charge in [-0.05, 0) is 74.2 Å². The quantitative estimate of drug-likeness (QED) is 0.566. The van der Waals surface area contributed by atoms with Gasteiger partial charge in [0.1, 0.15) is 6.54 Å². The first-order chi connectivity index (χ1) is 14.7. The maximum Gasteiger partial charge on any atom is 0.264 e. The number of nitrogens with one attached hydrogen (secondary N) is 1. The lowest BCUT2D eigenvalue weighted by atomic mass is 10.1. The van der Waals surface area contributed by atoms with E-state index in [-0.39, 0.29) is 11.4 Å². The van der Waals surface area contributed by atoms with Crippen molar-refractivity contribution in [3.8, 4) is 0 Å². The van der Waals surface area contributed by atoms with Crippen molar-refractivity contribution in [1.29, 1.82) is 0 Å². The van der Waals surface area contributed by atoms with Crippen LogP contribution in [-0.4, -0.2) is 20.9 Å². The molecule has 0 radical (unpaired) electrons. The number of amides is 1.